The van der Waals surface area contributed by atoms with Crippen LogP contribution >= 0.6 is 11.3 Å². The van der Waals surface area contributed by atoms with E-state index in [0.717, 1.165) is 12.8 Å². The van der Waals surface area contributed by atoms with E-state index in [1.165, 1.54) is 24.6 Å². The molecule has 0 aromatic carbocycles. The normalized spacial score (nSPS) is 14.1. The quantitative estimate of drug-likeness (QED) is 0.841. The van der Waals surface area contributed by atoms with Crippen LogP contribution < -0.4 is 5.32 Å². The molecule has 0 bridgehead atoms. The molecule has 0 atom stereocenters. The lowest BCUT2D eigenvalue weighted by atomic mass is 10.1. The predicted octanol–water partition coefficient (Wildman–Crippen LogP) is 1.61. The number of H-pyrrole nitrogens is 1. The van der Waals surface area contributed by atoms with Crippen molar-refractivity contribution in [2.75, 3.05) is 12.4 Å². The number of amides is 1. The summed E-state index contributed by atoms with van der Waals surface area (Å²) in [5.74, 6) is -0.557. The van der Waals surface area contributed by atoms with E-state index in [9.17, 15) is 9.59 Å². The van der Waals surface area contributed by atoms with Crippen LogP contribution in [0.5, 0.6) is 0 Å². The second-order valence-corrected chi connectivity index (χ2v) is 5.38. The van der Waals surface area contributed by atoms with Crippen molar-refractivity contribution in [3.8, 4) is 0 Å². The first-order valence-electron chi connectivity index (χ1n) is 6.15. The Balaban J connectivity index is 1.70. The number of esters is 1. The van der Waals surface area contributed by atoms with E-state index >= 15 is 0 Å². The lowest BCUT2D eigenvalue weighted by molar-refractivity contribution is -0.119. The third-order valence-corrected chi connectivity index (χ3v) is 4.25. The van der Waals surface area contributed by atoms with Gasteiger partial charge in [0.1, 0.15) is 0 Å². The summed E-state index contributed by atoms with van der Waals surface area (Å²) >= 11 is 1.66. The summed E-state index contributed by atoms with van der Waals surface area (Å²) in [5, 5.41) is 6.85. The molecule has 0 spiro atoms. The van der Waals surface area contributed by atoms with Crippen LogP contribution in [-0.4, -0.2) is 29.0 Å². The molecule has 2 aromatic heterocycles. The number of fused-ring (bicyclic) bond motifs is 1. The van der Waals surface area contributed by atoms with Gasteiger partial charge in [0.05, 0.1) is 13.4 Å². The molecule has 0 fully saturated rings. The van der Waals surface area contributed by atoms with Crippen LogP contribution in [0.2, 0.25) is 0 Å². The predicted molar refractivity (Wildman–Crippen MR) is 73.8 cm³/mol. The average Bonchev–Trinajstić information content (AvgIpc) is 3.11. The van der Waals surface area contributed by atoms with Crippen molar-refractivity contribution in [3.63, 3.8) is 0 Å². The maximum absolute atomic E-state index is 12.2. The fourth-order valence-electron chi connectivity index (χ4n) is 2.36. The van der Waals surface area contributed by atoms with Gasteiger partial charge in [-0.2, -0.15) is 11.3 Å². The van der Waals surface area contributed by atoms with Crippen LogP contribution in [0, 0.1) is 5.92 Å². The van der Waals surface area contributed by atoms with E-state index in [2.05, 4.69) is 30.8 Å². The number of thiophene rings is 1. The van der Waals surface area contributed by atoms with E-state index in [-0.39, 0.29) is 23.3 Å². The van der Waals surface area contributed by atoms with Crippen molar-refractivity contribution < 1.29 is 14.3 Å². The zero-order chi connectivity index (χ0) is 14.1. The van der Waals surface area contributed by atoms with Crippen LogP contribution in [0.15, 0.2) is 17.1 Å². The third-order valence-electron chi connectivity index (χ3n) is 3.41. The van der Waals surface area contributed by atoms with Gasteiger partial charge in [-0.15, -0.1) is 0 Å². The fourth-order valence-corrected chi connectivity index (χ4v) is 3.25. The van der Waals surface area contributed by atoms with Crippen molar-refractivity contribution in [2.24, 2.45) is 5.92 Å². The largest absolute Gasteiger partial charge is 0.464 e. The van der Waals surface area contributed by atoms with Crippen LogP contribution in [0.3, 0.4) is 0 Å². The Morgan fingerprint density at radius 2 is 2.10 bits per heavy atom. The van der Waals surface area contributed by atoms with Crippen molar-refractivity contribution in [1.29, 1.82) is 0 Å². The minimum absolute atomic E-state index is 0.101. The molecular weight excluding hydrogens is 278 g/mol. The Labute approximate surface area is 119 Å². The van der Waals surface area contributed by atoms with Crippen LogP contribution in [0.25, 0.3) is 0 Å². The lowest BCUT2D eigenvalue weighted by Gasteiger charge is -2.09. The SMILES string of the molecule is COC(=O)c1[nH]cnc1NC(=O)C1Cc2cscc2C1. The van der Waals surface area contributed by atoms with Crippen LogP contribution in [-0.2, 0) is 22.4 Å². The number of anilines is 1. The summed E-state index contributed by atoms with van der Waals surface area (Å²) in [6.07, 6.45) is 2.83. The highest BCUT2D eigenvalue weighted by Gasteiger charge is 2.29. The van der Waals surface area contributed by atoms with E-state index in [1.807, 2.05) is 0 Å². The number of aromatic nitrogens is 2. The molecule has 1 aliphatic rings. The zero-order valence-corrected chi connectivity index (χ0v) is 11.6. The standard InChI is InChI=1S/C13H13N3O3S/c1-19-13(18)10-11(15-6-14-10)16-12(17)7-2-8-4-20-5-9(8)3-7/h4-7H,2-3H2,1H3,(H,14,15)(H,16,17). The number of imidazole rings is 1. The summed E-state index contributed by atoms with van der Waals surface area (Å²) in [4.78, 5) is 30.3. The number of methoxy groups -OCH3 is 1. The Hall–Kier alpha value is -2.15. The van der Waals surface area contributed by atoms with Gasteiger partial charge in [0.25, 0.3) is 0 Å². The smallest absolute Gasteiger partial charge is 0.358 e. The zero-order valence-electron chi connectivity index (χ0n) is 10.8. The van der Waals surface area contributed by atoms with Gasteiger partial charge >= 0.3 is 5.97 Å². The fraction of sp³-hybridized carbons (Fsp3) is 0.308. The number of hydrogen-bond donors (Lipinski definition) is 2. The maximum atomic E-state index is 12.2. The molecule has 1 amide bonds. The molecule has 0 unspecified atom stereocenters. The Morgan fingerprint density at radius 3 is 2.75 bits per heavy atom. The first kappa shape index (κ1) is 12.9. The summed E-state index contributed by atoms with van der Waals surface area (Å²) in [7, 11) is 1.28. The number of hydrogen-bond acceptors (Lipinski definition) is 5. The van der Waals surface area contributed by atoms with Gasteiger partial charge < -0.3 is 15.0 Å². The molecule has 6 nitrogen and oxygen atoms in total. The van der Waals surface area contributed by atoms with Gasteiger partial charge in [0.15, 0.2) is 11.5 Å². The lowest BCUT2D eigenvalue weighted by Crippen LogP contribution is -2.24. The molecule has 104 valence electrons. The number of carbonyl (C=O) groups excluding carboxylic acids is 2. The second kappa shape index (κ2) is 5.09. The number of aromatic amines is 1. The van der Waals surface area contributed by atoms with E-state index in [0.29, 0.717) is 0 Å². The van der Waals surface area contributed by atoms with E-state index < -0.39 is 5.97 Å². The molecule has 2 heterocycles. The molecule has 0 saturated carbocycles. The summed E-state index contributed by atoms with van der Waals surface area (Å²) < 4.78 is 4.62. The number of carbonyl (C=O) groups is 2. The summed E-state index contributed by atoms with van der Waals surface area (Å²) in [6, 6.07) is 0. The number of ether oxygens (including phenoxy) is 1. The van der Waals surface area contributed by atoms with E-state index in [1.54, 1.807) is 11.3 Å². The molecule has 20 heavy (non-hydrogen) atoms. The van der Waals surface area contributed by atoms with Gasteiger partial charge in [-0.1, -0.05) is 0 Å². The van der Waals surface area contributed by atoms with Gasteiger partial charge in [-0.05, 0) is 34.7 Å². The van der Waals surface area contributed by atoms with Crippen LogP contribution in [0.1, 0.15) is 21.6 Å². The summed E-state index contributed by atoms with van der Waals surface area (Å²) in [5.41, 5.74) is 2.64. The first-order chi connectivity index (χ1) is 9.69. The maximum Gasteiger partial charge on any atom is 0.358 e. The van der Waals surface area contributed by atoms with Crippen molar-refractivity contribution in [2.45, 2.75) is 12.8 Å². The van der Waals surface area contributed by atoms with Crippen molar-refractivity contribution >= 4 is 29.0 Å². The Bertz CT molecular complexity index is 641. The molecule has 2 N–H and O–H groups in total. The van der Waals surface area contributed by atoms with Gasteiger partial charge in [0.2, 0.25) is 5.91 Å². The minimum Gasteiger partial charge on any atom is -0.464 e. The number of nitrogens with zero attached hydrogens (tertiary/aromatic N) is 1. The van der Waals surface area contributed by atoms with Crippen molar-refractivity contribution in [1.82, 2.24) is 9.97 Å². The van der Waals surface area contributed by atoms with Gasteiger partial charge in [-0.25, -0.2) is 9.78 Å². The average molecular weight is 291 g/mol. The second-order valence-electron chi connectivity index (χ2n) is 4.63. The van der Waals surface area contributed by atoms with Crippen molar-refractivity contribution in [3.05, 3.63) is 33.9 Å². The van der Waals surface area contributed by atoms with E-state index in [4.69, 9.17) is 0 Å². The highest BCUT2D eigenvalue weighted by molar-refractivity contribution is 7.08. The molecule has 2 aromatic rings. The molecule has 1 aliphatic carbocycles. The summed E-state index contributed by atoms with van der Waals surface area (Å²) in [6.45, 7) is 0. The molecular formula is C13H13N3O3S. The Kier molecular flexibility index (Phi) is 3.27. The Morgan fingerprint density at radius 1 is 1.40 bits per heavy atom. The molecule has 0 radical (unpaired) electrons. The minimum atomic E-state index is -0.553. The first-order valence-corrected chi connectivity index (χ1v) is 7.09. The molecule has 7 heteroatoms. The highest BCUT2D eigenvalue weighted by atomic mass is 32.1. The molecule has 0 saturated heterocycles. The third kappa shape index (κ3) is 2.20. The van der Waals surface area contributed by atoms with Gasteiger partial charge in [0, 0.05) is 5.92 Å². The number of rotatable bonds is 3. The topological polar surface area (TPSA) is 84.1 Å². The molecule has 3 rings (SSSR count). The molecule has 0 aliphatic heterocycles. The van der Waals surface area contributed by atoms with Gasteiger partial charge in [-0.3, -0.25) is 4.79 Å². The monoisotopic (exact) mass is 291 g/mol. The number of nitrogens with one attached hydrogen (secondary N) is 2. The van der Waals surface area contributed by atoms with Crippen LogP contribution in [0.4, 0.5) is 5.82 Å². The highest BCUT2D eigenvalue weighted by Crippen LogP contribution is 2.30.